The van der Waals surface area contributed by atoms with Gasteiger partial charge in [-0.1, -0.05) is 65.9 Å². The van der Waals surface area contributed by atoms with Crippen LogP contribution in [0.25, 0.3) is 0 Å². The van der Waals surface area contributed by atoms with Gasteiger partial charge in [0.15, 0.2) is 0 Å². The summed E-state index contributed by atoms with van der Waals surface area (Å²) in [4.78, 5) is 2.30. The minimum atomic E-state index is 0.878. The van der Waals surface area contributed by atoms with Crippen LogP contribution in [0.15, 0.2) is 12.3 Å². The van der Waals surface area contributed by atoms with Gasteiger partial charge in [0, 0.05) is 19.3 Å². The van der Waals surface area contributed by atoms with Crippen molar-refractivity contribution in [3.8, 4) is 0 Å². The number of rotatable bonds is 11. The van der Waals surface area contributed by atoms with Crippen LogP contribution in [0.3, 0.4) is 0 Å². The Bertz CT molecular complexity index is 184. The zero-order valence-electron chi connectivity index (χ0n) is 12.6. The summed E-state index contributed by atoms with van der Waals surface area (Å²) in [7, 11) is 2.16. The molecule has 0 spiro atoms. The first-order valence-corrected chi connectivity index (χ1v) is 7.46. The number of hydrogen-bond acceptors (Lipinski definition) is 1. The highest BCUT2D eigenvalue weighted by Crippen LogP contribution is 2.12. The molecule has 0 fully saturated rings. The van der Waals surface area contributed by atoms with Gasteiger partial charge in [-0.25, -0.2) is 0 Å². The minimum absolute atomic E-state index is 0.878. The summed E-state index contributed by atoms with van der Waals surface area (Å²) in [5, 5.41) is 0. The highest BCUT2D eigenvalue weighted by Gasteiger charge is 1.99. The average Bonchev–Trinajstić information content (AvgIpc) is 2.30. The molecule has 0 saturated heterocycles. The standard InChI is InChI=1S/C16H33N/c1-6-16(4)17(5)14-12-10-8-7-9-11-13-15(2)3/h15H,4,6-14H2,1-3,5H3. The molecule has 0 aliphatic carbocycles. The molecule has 0 amide bonds. The van der Waals surface area contributed by atoms with E-state index in [-0.39, 0.29) is 0 Å². The van der Waals surface area contributed by atoms with Crippen molar-refractivity contribution in [3.05, 3.63) is 12.3 Å². The summed E-state index contributed by atoms with van der Waals surface area (Å²) in [5.41, 5.74) is 1.27. The molecule has 0 aliphatic heterocycles. The Balaban J connectivity index is 3.21. The van der Waals surface area contributed by atoms with Crippen LogP contribution in [0.5, 0.6) is 0 Å². The lowest BCUT2D eigenvalue weighted by molar-refractivity contribution is 0.388. The quantitative estimate of drug-likeness (QED) is 0.446. The van der Waals surface area contributed by atoms with Crippen LogP contribution in [0.4, 0.5) is 0 Å². The van der Waals surface area contributed by atoms with Gasteiger partial charge in [0.25, 0.3) is 0 Å². The molecule has 0 aromatic heterocycles. The van der Waals surface area contributed by atoms with Crippen molar-refractivity contribution in [1.82, 2.24) is 4.90 Å². The summed E-state index contributed by atoms with van der Waals surface area (Å²) in [6.07, 6.45) is 10.9. The fourth-order valence-electron chi connectivity index (χ4n) is 2.04. The third-order valence-corrected chi connectivity index (χ3v) is 3.47. The van der Waals surface area contributed by atoms with E-state index in [4.69, 9.17) is 0 Å². The smallest absolute Gasteiger partial charge is 0.0171 e. The van der Waals surface area contributed by atoms with Crippen molar-refractivity contribution < 1.29 is 0 Å². The molecule has 0 radical (unpaired) electrons. The first-order chi connectivity index (χ1) is 8.07. The van der Waals surface area contributed by atoms with E-state index in [0.29, 0.717) is 0 Å². The van der Waals surface area contributed by atoms with Crippen LogP contribution < -0.4 is 0 Å². The fraction of sp³-hybridized carbons (Fsp3) is 0.875. The molecule has 0 atom stereocenters. The van der Waals surface area contributed by atoms with Crippen molar-refractivity contribution in [1.29, 1.82) is 0 Å². The molecule has 0 aromatic rings. The molecule has 0 aromatic carbocycles. The maximum atomic E-state index is 4.05. The molecular formula is C16H33N. The van der Waals surface area contributed by atoms with Crippen molar-refractivity contribution in [3.63, 3.8) is 0 Å². The van der Waals surface area contributed by atoms with Gasteiger partial charge in [0.2, 0.25) is 0 Å². The number of unbranched alkanes of at least 4 members (excludes halogenated alkanes) is 5. The Morgan fingerprint density at radius 2 is 1.53 bits per heavy atom. The second-order valence-corrected chi connectivity index (χ2v) is 5.65. The molecule has 102 valence electrons. The fourth-order valence-corrected chi connectivity index (χ4v) is 2.04. The molecule has 0 rings (SSSR count). The summed E-state index contributed by atoms with van der Waals surface area (Å²) in [6.45, 7) is 12.0. The molecule has 0 aliphatic rings. The summed E-state index contributed by atoms with van der Waals surface area (Å²) < 4.78 is 0. The topological polar surface area (TPSA) is 3.24 Å². The van der Waals surface area contributed by atoms with Gasteiger partial charge in [-0.05, 0) is 18.8 Å². The van der Waals surface area contributed by atoms with Crippen LogP contribution in [-0.4, -0.2) is 18.5 Å². The third-order valence-electron chi connectivity index (χ3n) is 3.47. The van der Waals surface area contributed by atoms with Gasteiger partial charge in [-0.2, -0.15) is 0 Å². The van der Waals surface area contributed by atoms with Crippen LogP contribution in [-0.2, 0) is 0 Å². The lowest BCUT2D eigenvalue weighted by Gasteiger charge is -2.20. The SMILES string of the molecule is C=C(CC)N(C)CCCCCCCCC(C)C. The van der Waals surface area contributed by atoms with Crippen molar-refractivity contribution in [2.75, 3.05) is 13.6 Å². The monoisotopic (exact) mass is 239 g/mol. The van der Waals surface area contributed by atoms with E-state index < -0.39 is 0 Å². The second kappa shape index (κ2) is 10.7. The van der Waals surface area contributed by atoms with Gasteiger partial charge < -0.3 is 4.90 Å². The highest BCUT2D eigenvalue weighted by molar-refractivity contribution is 4.90. The van der Waals surface area contributed by atoms with E-state index in [1.54, 1.807) is 0 Å². The van der Waals surface area contributed by atoms with Crippen molar-refractivity contribution >= 4 is 0 Å². The van der Waals surface area contributed by atoms with Crippen LogP contribution in [0, 0.1) is 5.92 Å². The zero-order valence-corrected chi connectivity index (χ0v) is 12.6. The first kappa shape index (κ1) is 16.5. The lowest BCUT2D eigenvalue weighted by Crippen LogP contribution is -2.17. The maximum absolute atomic E-state index is 4.05. The normalized spacial score (nSPS) is 10.9. The molecule has 0 saturated carbocycles. The molecular weight excluding hydrogens is 206 g/mol. The third kappa shape index (κ3) is 10.4. The highest BCUT2D eigenvalue weighted by atomic mass is 15.1. The average molecular weight is 239 g/mol. The van der Waals surface area contributed by atoms with Gasteiger partial charge in [-0.15, -0.1) is 0 Å². The molecule has 0 heterocycles. The van der Waals surface area contributed by atoms with Crippen molar-refractivity contribution in [2.24, 2.45) is 5.92 Å². The Labute approximate surface area is 109 Å². The molecule has 1 nitrogen and oxygen atoms in total. The van der Waals surface area contributed by atoms with E-state index in [1.807, 2.05) is 0 Å². The van der Waals surface area contributed by atoms with Gasteiger partial charge in [0.1, 0.15) is 0 Å². The van der Waals surface area contributed by atoms with Gasteiger partial charge >= 0.3 is 0 Å². The molecule has 0 N–H and O–H groups in total. The summed E-state index contributed by atoms with van der Waals surface area (Å²) >= 11 is 0. The molecule has 0 bridgehead atoms. The Kier molecular flexibility index (Phi) is 10.4. The van der Waals surface area contributed by atoms with Gasteiger partial charge in [-0.3, -0.25) is 0 Å². The largest absolute Gasteiger partial charge is 0.378 e. The van der Waals surface area contributed by atoms with E-state index >= 15 is 0 Å². The zero-order chi connectivity index (χ0) is 13.1. The predicted octanol–water partition coefficient (Wildman–Crippen LogP) is 5.23. The van der Waals surface area contributed by atoms with E-state index in [2.05, 4.69) is 39.3 Å². The first-order valence-electron chi connectivity index (χ1n) is 7.46. The van der Waals surface area contributed by atoms with E-state index in [9.17, 15) is 0 Å². The van der Waals surface area contributed by atoms with Crippen LogP contribution in [0.1, 0.15) is 72.1 Å². The number of nitrogens with zero attached hydrogens (tertiary/aromatic N) is 1. The van der Waals surface area contributed by atoms with E-state index in [0.717, 1.165) is 12.3 Å². The Hall–Kier alpha value is -0.460. The minimum Gasteiger partial charge on any atom is -0.378 e. The van der Waals surface area contributed by atoms with Crippen LogP contribution in [0.2, 0.25) is 0 Å². The van der Waals surface area contributed by atoms with Crippen molar-refractivity contribution in [2.45, 2.75) is 72.1 Å². The predicted molar refractivity (Wildman–Crippen MR) is 79.2 cm³/mol. The maximum Gasteiger partial charge on any atom is 0.0171 e. The van der Waals surface area contributed by atoms with Gasteiger partial charge in [0.05, 0.1) is 0 Å². The lowest BCUT2D eigenvalue weighted by atomic mass is 10.0. The second-order valence-electron chi connectivity index (χ2n) is 5.65. The number of hydrogen-bond donors (Lipinski definition) is 0. The molecule has 0 unspecified atom stereocenters. The molecule has 17 heavy (non-hydrogen) atoms. The molecule has 1 heteroatoms. The van der Waals surface area contributed by atoms with E-state index in [1.165, 1.54) is 57.2 Å². The summed E-state index contributed by atoms with van der Waals surface area (Å²) in [6, 6.07) is 0. The number of allylic oxidation sites excluding steroid dienone is 1. The summed E-state index contributed by atoms with van der Waals surface area (Å²) in [5.74, 6) is 0.878. The van der Waals surface area contributed by atoms with Crippen LogP contribution >= 0.6 is 0 Å². The Morgan fingerprint density at radius 1 is 1.00 bits per heavy atom. The Morgan fingerprint density at radius 3 is 2.06 bits per heavy atom.